The minimum atomic E-state index is -0.0799. The number of rotatable bonds is 35. The minimum Gasteiger partial charge on any atom is -0.497 e. The summed E-state index contributed by atoms with van der Waals surface area (Å²) < 4.78 is 58.6. The molecular weight excluding hydrogens is 1770 g/mol. The number of hydrogen-bond donors (Lipinski definition) is 3. The van der Waals surface area contributed by atoms with Crippen LogP contribution in [0.4, 0.5) is 45.5 Å². The van der Waals surface area contributed by atoms with Gasteiger partial charge in [0.1, 0.15) is 51.0 Å². The Kier molecular flexibility index (Phi) is 32.4. The first kappa shape index (κ1) is 97.0. The Hall–Kier alpha value is -15.6. The van der Waals surface area contributed by atoms with E-state index in [0.717, 1.165) is 205 Å². The van der Waals surface area contributed by atoms with Gasteiger partial charge in [-0.1, -0.05) is 25.4 Å². The number of nitrogens with one attached hydrogen (secondary N) is 2. The van der Waals surface area contributed by atoms with Crippen molar-refractivity contribution < 1.29 is 47.4 Å². The molecule has 0 saturated carbocycles. The number of fused-ring (bicyclic) bond motifs is 4. The number of anilines is 8. The highest BCUT2D eigenvalue weighted by molar-refractivity contribution is 6.35. The summed E-state index contributed by atoms with van der Waals surface area (Å²) in [5.74, 6) is 5.98. The van der Waals surface area contributed by atoms with Gasteiger partial charge in [-0.3, -0.25) is 48.1 Å². The van der Waals surface area contributed by atoms with Gasteiger partial charge in [0.05, 0.1) is 179 Å². The van der Waals surface area contributed by atoms with Crippen LogP contribution in [-0.4, -0.2) is 217 Å². The Morgan fingerprint density at radius 2 is 0.819 bits per heavy atom. The molecule has 9 aromatic heterocycles. The van der Waals surface area contributed by atoms with Gasteiger partial charge in [-0.25, -0.2) is 19.9 Å². The van der Waals surface area contributed by atoms with Gasteiger partial charge in [0.15, 0.2) is 0 Å². The number of benzene rings is 8. The number of carbonyl (C=O) groups excluding carboxylic acids is 1. The Morgan fingerprint density at radius 3 is 1.19 bits per heavy atom. The van der Waals surface area contributed by atoms with Gasteiger partial charge in [0.25, 0.3) is 0 Å². The van der Waals surface area contributed by atoms with E-state index >= 15 is 0 Å². The number of methoxy groups -OCH3 is 8. The molecule has 8 aromatic carbocycles. The molecule has 10 heterocycles. The Morgan fingerprint density at radius 1 is 0.435 bits per heavy atom. The maximum Gasteiger partial charge on any atom is 0.216 e. The van der Waals surface area contributed by atoms with Gasteiger partial charge in [-0.2, -0.15) is 25.5 Å². The number of halogens is 1. The number of hydrogen-bond acceptors (Lipinski definition) is 29. The molecule has 0 spiro atoms. The van der Waals surface area contributed by atoms with Crippen molar-refractivity contribution >= 4 is 107 Å². The number of aromatic nitrogens is 18. The average Bonchev–Trinajstić information content (AvgIpc) is 1.17. The molecule has 1 fully saturated rings. The molecule has 1 saturated heterocycles. The average molecular weight is 1890 g/mol. The highest BCUT2D eigenvalue weighted by Gasteiger charge is 2.24. The molecule has 138 heavy (non-hydrogen) atoms. The first-order valence-corrected chi connectivity index (χ1v) is 45.5. The summed E-state index contributed by atoms with van der Waals surface area (Å²) in [4.78, 5) is 58.0. The predicted octanol–water partition coefficient (Wildman–Crippen LogP) is 16.7. The third kappa shape index (κ3) is 24.6. The van der Waals surface area contributed by atoms with Crippen molar-refractivity contribution in [3.05, 3.63) is 237 Å². The fourth-order valence-corrected chi connectivity index (χ4v) is 16.2. The third-order valence-corrected chi connectivity index (χ3v) is 23.4. The highest BCUT2D eigenvalue weighted by Crippen LogP contribution is 2.44. The van der Waals surface area contributed by atoms with Crippen LogP contribution in [0.25, 0.3) is 89.2 Å². The number of amides is 1. The van der Waals surface area contributed by atoms with Crippen LogP contribution in [0, 0.1) is 5.92 Å². The van der Waals surface area contributed by atoms with E-state index in [1.165, 1.54) is 6.92 Å². The van der Waals surface area contributed by atoms with E-state index < -0.39 is 0 Å². The zero-order valence-electron chi connectivity index (χ0n) is 79.9. The van der Waals surface area contributed by atoms with E-state index in [1.54, 1.807) is 120 Å². The molecule has 0 atom stereocenters. The lowest BCUT2D eigenvalue weighted by atomic mass is 10.0. The molecule has 0 aliphatic carbocycles. The van der Waals surface area contributed by atoms with E-state index in [-0.39, 0.29) is 5.91 Å². The number of ether oxygens (including phenoxy) is 9. The molecule has 36 heteroatoms. The lowest BCUT2D eigenvalue weighted by molar-refractivity contribution is -0.118. The van der Waals surface area contributed by atoms with Crippen LogP contribution >= 0.6 is 11.6 Å². The van der Waals surface area contributed by atoms with Crippen molar-refractivity contribution in [2.24, 2.45) is 32.8 Å². The van der Waals surface area contributed by atoms with E-state index in [4.69, 9.17) is 79.9 Å². The van der Waals surface area contributed by atoms with Crippen molar-refractivity contribution in [3.8, 4) is 91.0 Å². The standard InChI is InChI=1S/C27H32N6O3.C26H27N7O2.C25H29ClN6O2.C24H26N6O3/c1-34-23-11-22(12-24(14-23)35-2)33(8-7-28)21-3-4-25-26(13-21)31-27(16-29-25)20-15-30-32(18-20)17-19-5-9-36-10-6-19;1-31-18-19(16-29-31)26-17-27-24-7-6-20(14-25(24)30-26)33(11-5-10-32-9-4-8-28-32)21-12-22(34-2)15-23(13-21)35-3;1-16(2)27-8-9-32(23-11-19(33-4)12-24(34-5)25(23)26)18-6-7-20-21(10-18)30-22(14-28-20)17-13-29-31(3)15-17;1-16(31)25-7-8-30(19-9-20(32-3)12-21(10-19)33-4)18-5-6-22-23(11-18)28-24(14-26-22)17-13-27-29(2)15-17/h3-4,11-16,18-19H,5-10,17,28H2,1-2H3;4,6-9,12-18H,5,10-11H2,1-3H3;6-7,10-16,27H,8-9H2,1-5H3;5-6,9-15H,7-8H2,1-4H3,(H,25,31). The summed E-state index contributed by atoms with van der Waals surface area (Å²) in [5.41, 5.74) is 26.6. The molecule has 714 valence electrons. The van der Waals surface area contributed by atoms with E-state index in [1.807, 2.05) is 195 Å². The first-order valence-electron chi connectivity index (χ1n) is 45.2. The molecule has 1 amide bonds. The second-order valence-corrected chi connectivity index (χ2v) is 33.3. The van der Waals surface area contributed by atoms with Crippen molar-refractivity contribution in [1.29, 1.82) is 0 Å². The predicted molar refractivity (Wildman–Crippen MR) is 538 cm³/mol. The number of nitrogens with two attached hydrogens (primary N) is 1. The Balaban J connectivity index is 0.000000140. The molecule has 0 unspecified atom stereocenters. The third-order valence-electron chi connectivity index (χ3n) is 23.0. The van der Waals surface area contributed by atoms with Crippen LogP contribution in [0.15, 0.2) is 232 Å². The van der Waals surface area contributed by atoms with E-state index in [9.17, 15) is 4.79 Å². The van der Waals surface area contributed by atoms with Crippen LogP contribution in [0.5, 0.6) is 46.0 Å². The summed E-state index contributed by atoms with van der Waals surface area (Å²) >= 11 is 6.77. The minimum absolute atomic E-state index is 0.0799. The van der Waals surface area contributed by atoms with Crippen LogP contribution in [0.3, 0.4) is 0 Å². The Labute approximate surface area is 805 Å². The molecule has 17 aromatic rings. The second-order valence-electron chi connectivity index (χ2n) is 32.9. The number of aryl methyl sites for hydroxylation is 4. The molecule has 0 bridgehead atoms. The molecular formula is C102H114ClN25O10. The highest BCUT2D eigenvalue weighted by atomic mass is 35.5. The van der Waals surface area contributed by atoms with E-state index in [0.29, 0.717) is 84.2 Å². The van der Waals surface area contributed by atoms with Gasteiger partial charge in [0.2, 0.25) is 5.91 Å². The quantitative estimate of drug-likeness (QED) is 0.0332. The summed E-state index contributed by atoms with van der Waals surface area (Å²) in [6, 6.07) is 47.5. The zero-order valence-corrected chi connectivity index (χ0v) is 80.6. The van der Waals surface area contributed by atoms with Crippen molar-refractivity contribution in [1.82, 2.24) is 99.4 Å². The number of nitrogens with zero attached hydrogens (tertiary/aromatic N) is 22. The smallest absolute Gasteiger partial charge is 0.216 e. The largest absolute Gasteiger partial charge is 0.497 e. The lowest BCUT2D eigenvalue weighted by Gasteiger charge is -2.28. The lowest BCUT2D eigenvalue weighted by Crippen LogP contribution is -2.32. The zero-order chi connectivity index (χ0) is 96.7. The maximum absolute atomic E-state index is 11.5. The normalized spacial score (nSPS) is 11.9. The van der Waals surface area contributed by atoms with Gasteiger partial charge in [-0.05, 0) is 104 Å². The fourth-order valence-electron chi connectivity index (χ4n) is 15.9. The summed E-state index contributed by atoms with van der Waals surface area (Å²) in [7, 11) is 18.7. The molecule has 35 nitrogen and oxygen atoms in total. The van der Waals surface area contributed by atoms with Crippen molar-refractivity contribution in [2.45, 2.75) is 59.2 Å². The molecule has 0 radical (unpaired) electrons. The van der Waals surface area contributed by atoms with Crippen LogP contribution < -0.4 is 73.9 Å². The van der Waals surface area contributed by atoms with Crippen LogP contribution in [0.2, 0.25) is 5.02 Å². The molecule has 4 N–H and O–H groups in total. The summed E-state index contributed by atoms with van der Waals surface area (Å²) in [6.45, 7) is 13.4. The Bertz CT molecular complexity index is 6900. The van der Waals surface area contributed by atoms with Crippen molar-refractivity contribution in [3.63, 3.8) is 0 Å². The first-order chi connectivity index (χ1) is 67.1. The summed E-state index contributed by atoms with van der Waals surface area (Å²) in [6.07, 6.45) is 29.0. The molecule has 1 aliphatic heterocycles. The topological polar surface area (TPSA) is 355 Å². The maximum atomic E-state index is 11.5. The van der Waals surface area contributed by atoms with E-state index in [2.05, 4.69) is 108 Å². The van der Waals surface area contributed by atoms with Gasteiger partial charge in [-0.15, -0.1) is 0 Å². The SMILES string of the molecule is COc1cc(OC)c(Cl)c(N(CCNC(C)C)c2ccc3ncc(-c4cnn(C)c4)nc3c2)c1.COc1cc(OC)cc(N(CCCn2cccn2)c2ccc3ncc(-c4cnn(C)c4)nc3c2)c1.COc1cc(OC)cc(N(CCN)c2ccc3ncc(-c4cnn(CC5CCOCC5)c4)nc3c2)c1.COc1cc(OC)cc(N(CCNC(C)=O)c2ccc3ncc(-c4cnn(C)c4)nc3c2)c1. The van der Waals surface area contributed by atoms with Crippen molar-refractivity contribution in [2.75, 3.05) is 136 Å². The van der Waals surface area contributed by atoms with Gasteiger partial charge < -0.3 is 78.6 Å². The molecule has 18 rings (SSSR count). The van der Waals surface area contributed by atoms with Gasteiger partial charge in [0, 0.05) is 272 Å². The number of carbonyl (C=O) groups is 1. The van der Waals surface area contributed by atoms with Crippen LogP contribution in [-0.2, 0) is 43.8 Å². The van der Waals surface area contributed by atoms with Crippen LogP contribution in [0.1, 0.15) is 40.0 Å². The molecule has 1 aliphatic rings. The summed E-state index contributed by atoms with van der Waals surface area (Å²) in [5, 5.41) is 28.5. The second kappa shape index (κ2) is 46.1. The monoisotopic (exact) mass is 1880 g/mol. The fraction of sp³-hybridized carbons (Fsp3) is 0.294. The van der Waals surface area contributed by atoms with Gasteiger partial charge >= 0.3 is 0 Å².